The molecule has 1 aliphatic rings. The molecule has 0 atom stereocenters. The smallest absolute Gasteiger partial charge is 0.222 e. The lowest BCUT2D eigenvalue weighted by atomic mass is 10.0. The van der Waals surface area contributed by atoms with Gasteiger partial charge in [-0.3, -0.25) is 4.79 Å². The molecule has 1 aliphatic heterocycles. The van der Waals surface area contributed by atoms with Gasteiger partial charge in [0.05, 0.1) is 16.7 Å². The summed E-state index contributed by atoms with van der Waals surface area (Å²) in [4.78, 5) is 25.6. The van der Waals surface area contributed by atoms with E-state index in [4.69, 9.17) is 0 Å². The molecule has 0 spiro atoms. The van der Waals surface area contributed by atoms with Crippen LogP contribution in [0.3, 0.4) is 0 Å². The predicted molar refractivity (Wildman–Crippen MR) is 121 cm³/mol. The average molecular weight is 439 g/mol. The van der Waals surface area contributed by atoms with Gasteiger partial charge in [0, 0.05) is 38.0 Å². The van der Waals surface area contributed by atoms with Crippen molar-refractivity contribution in [1.29, 1.82) is 0 Å². The van der Waals surface area contributed by atoms with Crippen molar-refractivity contribution in [2.24, 2.45) is 0 Å². The highest BCUT2D eigenvalue weighted by atomic mass is 19.1. The van der Waals surface area contributed by atoms with Crippen LogP contribution in [0.2, 0.25) is 0 Å². The minimum Gasteiger partial charge on any atom is -0.507 e. The molecule has 2 heterocycles. The van der Waals surface area contributed by atoms with E-state index >= 15 is 0 Å². The van der Waals surface area contributed by atoms with E-state index in [2.05, 4.69) is 9.97 Å². The number of hydrogen-bond acceptors (Lipinski definition) is 6. The lowest BCUT2D eigenvalue weighted by molar-refractivity contribution is -0.132. The molecule has 1 saturated heterocycles. The van der Waals surface area contributed by atoms with Gasteiger partial charge in [-0.2, -0.15) is 0 Å². The highest BCUT2D eigenvalue weighted by Gasteiger charge is 2.25. The van der Waals surface area contributed by atoms with E-state index in [1.165, 1.54) is 12.1 Å². The van der Waals surface area contributed by atoms with Crippen molar-refractivity contribution in [3.63, 3.8) is 0 Å². The Hall–Kier alpha value is -3.26. The first kappa shape index (κ1) is 22.0. The first-order chi connectivity index (χ1) is 15.2. The number of nitrogens with zero attached hydrogens (tertiary/aromatic N) is 4. The Kier molecular flexibility index (Phi) is 5.97. The van der Waals surface area contributed by atoms with Crippen LogP contribution in [0.5, 0.6) is 5.75 Å². The number of amides is 1. The molecule has 0 saturated carbocycles. The third-order valence-corrected chi connectivity index (χ3v) is 5.67. The first-order valence-corrected chi connectivity index (χ1v) is 10.7. The van der Waals surface area contributed by atoms with Crippen LogP contribution in [0, 0.1) is 5.82 Å². The zero-order valence-corrected chi connectivity index (χ0v) is 18.3. The number of aromatic nitrogens is 2. The summed E-state index contributed by atoms with van der Waals surface area (Å²) in [5.41, 5.74) is 0.208. The second kappa shape index (κ2) is 8.70. The molecule has 0 bridgehead atoms. The van der Waals surface area contributed by atoms with Crippen molar-refractivity contribution < 1.29 is 19.4 Å². The molecule has 1 aromatic heterocycles. The fourth-order valence-corrected chi connectivity index (χ4v) is 3.85. The fraction of sp³-hybridized carbons (Fsp3) is 0.375. The molecule has 1 fully saturated rings. The van der Waals surface area contributed by atoms with Crippen molar-refractivity contribution >= 4 is 22.6 Å². The lowest BCUT2D eigenvalue weighted by Gasteiger charge is -2.36. The number of phenols is 1. The second-order valence-corrected chi connectivity index (χ2v) is 8.73. The van der Waals surface area contributed by atoms with Gasteiger partial charge in [-0.1, -0.05) is 12.1 Å². The summed E-state index contributed by atoms with van der Waals surface area (Å²) in [6.45, 7) is 5.49. The number of rotatable bonds is 5. The molecule has 2 N–H and O–H groups in total. The Morgan fingerprint density at radius 1 is 1.09 bits per heavy atom. The van der Waals surface area contributed by atoms with E-state index in [1.54, 1.807) is 49.1 Å². The van der Waals surface area contributed by atoms with Crippen LogP contribution in [0.1, 0.15) is 26.7 Å². The Labute approximate surface area is 186 Å². The van der Waals surface area contributed by atoms with Crippen LogP contribution in [-0.4, -0.2) is 62.8 Å². The van der Waals surface area contributed by atoms with Gasteiger partial charge in [0.15, 0.2) is 5.82 Å². The van der Waals surface area contributed by atoms with Crippen molar-refractivity contribution in [3.8, 4) is 17.1 Å². The minimum atomic E-state index is -0.874. The molecule has 4 rings (SSSR count). The number of carbonyl (C=O) groups is 1. The summed E-state index contributed by atoms with van der Waals surface area (Å²) >= 11 is 0. The normalized spacial score (nSPS) is 14.8. The Morgan fingerprint density at radius 3 is 2.50 bits per heavy atom. The van der Waals surface area contributed by atoms with Gasteiger partial charge >= 0.3 is 0 Å². The SMILES string of the molecule is CC(C)(O)CCC(=O)N1CCN(c2nc(-c3ccccc3O)nc3ccc(F)cc23)CC1. The number of aromatic hydroxyl groups is 1. The summed E-state index contributed by atoms with van der Waals surface area (Å²) in [5, 5.41) is 20.7. The number of anilines is 1. The highest BCUT2D eigenvalue weighted by molar-refractivity contribution is 5.91. The summed E-state index contributed by atoms with van der Waals surface area (Å²) in [6, 6.07) is 11.2. The van der Waals surface area contributed by atoms with E-state index in [1.807, 2.05) is 4.90 Å². The molecule has 0 aliphatic carbocycles. The molecule has 1 amide bonds. The van der Waals surface area contributed by atoms with Crippen molar-refractivity contribution in [2.75, 3.05) is 31.1 Å². The summed E-state index contributed by atoms with van der Waals surface area (Å²) in [7, 11) is 0. The first-order valence-electron chi connectivity index (χ1n) is 10.7. The highest BCUT2D eigenvalue weighted by Crippen LogP contribution is 2.32. The lowest BCUT2D eigenvalue weighted by Crippen LogP contribution is -2.49. The number of fused-ring (bicyclic) bond motifs is 1. The van der Waals surface area contributed by atoms with Crippen molar-refractivity contribution in [3.05, 3.63) is 48.3 Å². The van der Waals surface area contributed by atoms with Crippen molar-refractivity contribution in [2.45, 2.75) is 32.3 Å². The topological polar surface area (TPSA) is 89.8 Å². The summed E-state index contributed by atoms with van der Waals surface area (Å²) in [5.74, 6) is 0.651. The number of aliphatic hydroxyl groups is 1. The Balaban J connectivity index is 1.61. The molecule has 3 aromatic rings. The molecule has 32 heavy (non-hydrogen) atoms. The molecule has 2 aromatic carbocycles. The largest absolute Gasteiger partial charge is 0.507 e. The van der Waals surface area contributed by atoms with Crippen molar-refractivity contribution in [1.82, 2.24) is 14.9 Å². The van der Waals surface area contributed by atoms with Crippen LogP contribution in [-0.2, 0) is 4.79 Å². The van der Waals surface area contributed by atoms with Gasteiger partial charge in [0.25, 0.3) is 0 Å². The van der Waals surface area contributed by atoms with Crippen LogP contribution >= 0.6 is 0 Å². The van der Waals surface area contributed by atoms with Crippen LogP contribution in [0.15, 0.2) is 42.5 Å². The van der Waals surface area contributed by atoms with E-state index in [0.717, 1.165) is 0 Å². The van der Waals surface area contributed by atoms with Crippen LogP contribution < -0.4 is 4.90 Å². The van der Waals surface area contributed by atoms with Gasteiger partial charge < -0.3 is 20.0 Å². The number of halogens is 1. The zero-order chi connectivity index (χ0) is 22.9. The molecule has 8 heteroatoms. The number of carbonyl (C=O) groups excluding carboxylic acids is 1. The Bertz CT molecular complexity index is 1140. The summed E-state index contributed by atoms with van der Waals surface area (Å²) < 4.78 is 14.0. The van der Waals surface area contributed by atoms with E-state index < -0.39 is 5.60 Å². The summed E-state index contributed by atoms with van der Waals surface area (Å²) in [6.07, 6.45) is 0.703. The monoisotopic (exact) mass is 438 g/mol. The number of phenolic OH excluding ortho intramolecular Hbond substituents is 1. The third kappa shape index (κ3) is 4.80. The van der Waals surface area contributed by atoms with E-state index in [-0.39, 0.29) is 17.5 Å². The molecule has 168 valence electrons. The number of benzene rings is 2. The maximum Gasteiger partial charge on any atom is 0.222 e. The maximum atomic E-state index is 14.0. The van der Waals surface area contributed by atoms with Gasteiger partial charge in [-0.05, 0) is 50.6 Å². The molecule has 0 radical (unpaired) electrons. The standard InChI is InChI=1S/C24H27FN4O3/c1-24(2,32)10-9-21(31)28-11-13-29(14-12-28)23-18-15-16(25)7-8-19(18)26-22(27-23)17-5-3-4-6-20(17)30/h3-8,15,30,32H,9-14H2,1-2H3. The van der Waals surface area contributed by atoms with E-state index in [9.17, 15) is 19.4 Å². The molecule has 7 nitrogen and oxygen atoms in total. The number of hydrogen-bond donors (Lipinski definition) is 2. The number of para-hydroxylation sites is 1. The van der Waals surface area contributed by atoms with Gasteiger partial charge in [0.2, 0.25) is 5.91 Å². The quantitative estimate of drug-likeness (QED) is 0.635. The minimum absolute atomic E-state index is 0.0141. The van der Waals surface area contributed by atoms with Crippen LogP contribution in [0.4, 0.5) is 10.2 Å². The molecular weight excluding hydrogens is 411 g/mol. The number of piperazine rings is 1. The zero-order valence-electron chi connectivity index (χ0n) is 18.3. The average Bonchev–Trinajstić information content (AvgIpc) is 2.77. The third-order valence-electron chi connectivity index (χ3n) is 5.67. The molecular formula is C24H27FN4O3. The van der Waals surface area contributed by atoms with Crippen LogP contribution in [0.25, 0.3) is 22.3 Å². The maximum absolute atomic E-state index is 14.0. The van der Waals surface area contributed by atoms with Gasteiger partial charge in [-0.25, -0.2) is 14.4 Å². The van der Waals surface area contributed by atoms with Gasteiger partial charge in [-0.15, -0.1) is 0 Å². The predicted octanol–water partition coefficient (Wildman–Crippen LogP) is 3.34. The fourth-order valence-electron chi connectivity index (χ4n) is 3.85. The van der Waals surface area contributed by atoms with E-state index in [0.29, 0.717) is 67.1 Å². The second-order valence-electron chi connectivity index (χ2n) is 8.73. The van der Waals surface area contributed by atoms with Gasteiger partial charge in [0.1, 0.15) is 17.4 Å². The molecule has 0 unspecified atom stereocenters. The Morgan fingerprint density at radius 2 is 1.81 bits per heavy atom.